The molecule has 8 aromatic rings. The van der Waals surface area contributed by atoms with E-state index < -0.39 is 0 Å². The lowest BCUT2D eigenvalue weighted by molar-refractivity contribution is 0.469. The largest absolute Gasteiger partial charge is 0.0623 e. The van der Waals surface area contributed by atoms with Crippen molar-refractivity contribution in [3.05, 3.63) is 242 Å². The van der Waals surface area contributed by atoms with Gasteiger partial charge in [-0.15, -0.1) is 0 Å². The molecule has 0 spiro atoms. The molecule has 0 aliphatic carbocycles. The molecular formula is C67H90. The standard InChI is InChI=1S/2C12H10.C10H8.C7H8.C6H6.4C5H12/c2*1-3-7-11(8-4-1)12-9-5-2-6-10-12;1-2-6-10-8-4-3-7-9(10)5-1;1-7-5-3-2-4-6-7;1-2-4-6-5-3-1;4*1-5(2,3)4/h2*1-10H;1-8H;2-6H,1H3;1-6H;4*1-4H3. The van der Waals surface area contributed by atoms with Crippen molar-refractivity contribution >= 4 is 10.8 Å². The zero-order valence-electron chi connectivity index (χ0n) is 45.0. The number of hydrogen-bond acceptors (Lipinski definition) is 0. The molecule has 0 heteroatoms. The second kappa shape index (κ2) is 34.3. The third kappa shape index (κ3) is 46.4. The van der Waals surface area contributed by atoms with Crippen LogP contribution in [-0.4, -0.2) is 0 Å². The summed E-state index contributed by atoms with van der Waals surface area (Å²) in [6.07, 6.45) is 0. The van der Waals surface area contributed by atoms with Crippen LogP contribution in [0.15, 0.2) is 237 Å². The Morgan fingerprint density at radius 3 is 0.433 bits per heavy atom. The van der Waals surface area contributed by atoms with E-state index in [9.17, 15) is 0 Å². The maximum absolute atomic E-state index is 2.19. The topological polar surface area (TPSA) is 0 Å². The van der Waals surface area contributed by atoms with E-state index in [0.29, 0.717) is 21.7 Å². The van der Waals surface area contributed by atoms with Crippen molar-refractivity contribution in [1.29, 1.82) is 0 Å². The molecule has 0 N–H and O–H groups in total. The van der Waals surface area contributed by atoms with Crippen molar-refractivity contribution in [2.24, 2.45) is 21.7 Å². The molecule has 0 aromatic heterocycles. The summed E-state index contributed by atoms with van der Waals surface area (Å²) < 4.78 is 0. The summed E-state index contributed by atoms with van der Waals surface area (Å²) in [4.78, 5) is 0. The van der Waals surface area contributed by atoms with Gasteiger partial charge in [-0.2, -0.15) is 0 Å². The highest BCUT2D eigenvalue weighted by Gasteiger charge is 1.98. The van der Waals surface area contributed by atoms with Crippen molar-refractivity contribution in [3.63, 3.8) is 0 Å². The van der Waals surface area contributed by atoms with Crippen molar-refractivity contribution in [2.75, 3.05) is 0 Å². The van der Waals surface area contributed by atoms with Crippen LogP contribution in [0.5, 0.6) is 0 Å². The van der Waals surface area contributed by atoms with E-state index in [4.69, 9.17) is 0 Å². The molecule has 0 amide bonds. The third-order valence-corrected chi connectivity index (χ3v) is 7.03. The Morgan fingerprint density at radius 1 is 0.179 bits per heavy atom. The van der Waals surface area contributed by atoms with Crippen molar-refractivity contribution < 1.29 is 0 Å². The summed E-state index contributed by atoms with van der Waals surface area (Å²) in [7, 11) is 0. The molecule has 0 aliphatic rings. The molecule has 8 aromatic carbocycles. The zero-order valence-corrected chi connectivity index (χ0v) is 45.0. The lowest BCUT2D eigenvalue weighted by Gasteiger charge is -2.05. The highest BCUT2D eigenvalue weighted by molar-refractivity contribution is 5.82. The minimum atomic E-state index is 0.500. The Kier molecular flexibility index (Phi) is 31.3. The van der Waals surface area contributed by atoms with Gasteiger partial charge in [0.25, 0.3) is 0 Å². The normalized spacial score (nSPS) is 10.2. The van der Waals surface area contributed by atoms with E-state index in [1.165, 1.54) is 38.6 Å². The Labute approximate surface area is 412 Å². The maximum Gasteiger partial charge on any atom is -0.0184 e. The quantitative estimate of drug-likeness (QED) is 0.162. The van der Waals surface area contributed by atoms with Gasteiger partial charge in [-0.1, -0.05) is 353 Å². The molecule has 0 heterocycles. The molecule has 0 unspecified atom stereocenters. The third-order valence-electron chi connectivity index (χ3n) is 7.03. The highest BCUT2D eigenvalue weighted by atomic mass is 14.0. The summed E-state index contributed by atoms with van der Waals surface area (Å²) in [6.45, 7) is 37.1. The lowest BCUT2D eigenvalue weighted by Crippen LogP contribution is -1.93. The number of rotatable bonds is 2. The molecule has 0 atom stereocenters. The maximum atomic E-state index is 2.19. The number of aryl methyl sites for hydroxylation is 1. The lowest BCUT2D eigenvalue weighted by atomic mass is 10.0. The monoisotopic (exact) mass is 895 g/mol. The Balaban J connectivity index is 0.000000752. The van der Waals surface area contributed by atoms with E-state index in [2.05, 4.69) is 275 Å². The van der Waals surface area contributed by atoms with Gasteiger partial charge in [0.2, 0.25) is 0 Å². The first kappa shape index (κ1) is 61.0. The molecule has 358 valence electrons. The highest BCUT2D eigenvalue weighted by Crippen LogP contribution is 2.18. The molecule has 0 bridgehead atoms. The second-order valence-corrected chi connectivity index (χ2v) is 22.6. The van der Waals surface area contributed by atoms with Crippen LogP contribution in [0.4, 0.5) is 0 Å². The molecule has 67 heavy (non-hydrogen) atoms. The first-order chi connectivity index (χ1) is 31.3. The molecule has 0 radical (unpaired) electrons. The van der Waals surface area contributed by atoms with Crippen molar-refractivity contribution in [1.82, 2.24) is 0 Å². The van der Waals surface area contributed by atoms with Crippen LogP contribution < -0.4 is 0 Å². The molecular weight excluding hydrogens is 805 g/mol. The SMILES string of the molecule is CC(C)(C)C.CC(C)(C)C.CC(C)(C)C.CC(C)(C)C.Cc1ccccc1.c1ccc(-c2ccccc2)cc1.c1ccc(-c2ccccc2)cc1.c1ccc2ccccc2c1.c1ccccc1. The number of hydrogen-bond donors (Lipinski definition) is 0. The van der Waals surface area contributed by atoms with Crippen LogP contribution >= 0.6 is 0 Å². The first-order valence-electron chi connectivity index (χ1n) is 24.0. The van der Waals surface area contributed by atoms with E-state index in [-0.39, 0.29) is 0 Å². The van der Waals surface area contributed by atoms with Gasteiger partial charge in [-0.25, -0.2) is 0 Å². The first-order valence-corrected chi connectivity index (χ1v) is 24.0. The molecule has 0 aliphatic heterocycles. The fraction of sp³-hybridized carbons (Fsp3) is 0.313. The van der Waals surface area contributed by atoms with Gasteiger partial charge in [0.15, 0.2) is 0 Å². The van der Waals surface area contributed by atoms with Crippen LogP contribution in [-0.2, 0) is 0 Å². The molecule has 0 nitrogen and oxygen atoms in total. The van der Waals surface area contributed by atoms with E-state index in [0.717, 1.165) is 0 Å². The van der Waals surface area contributed by atoms with Gasteiger partial charge in [0, 0.05) is 0 Å². The summed E-state index contributed by atoms with van der Waals surface area (Å²) in [5.74, 6) is 0. The molecule has 0 saturated carbocycles. The number of benzene rings is 8. The predicted octanol–water partition coefficient (Wildman–Crippen LogP) is 21.4. The van der Waals surface area contributed by atoms with Gasteiger partial charge in [-0.05, 0) is 61.6 Å². The number of fused-ring (bicyclic) bond motifs is 1. The van der Waals surface area contributed by atoms with Gasteiger partial charge in [-0.3, -0.25) is 0 Å². The molecule has 8 rings (SSSR count). The van der Waals surface area contributed by atoms with Crippen LogP contribution in [0.3, 0.4) is 0 Å². The van der Waals surface area contributed by atoms with E-state index in [1.54, 1.807) is 0 Å². The zero-order chi connectivity index (χ0) is 50.6. The van der Waals surface area contributed by atoms with E-state index in [1.807, 2.05) is 78.9 Å². The van der Waals surface area contributed by atoms with Gasteiger partial charge in [0.1, 0.15) is 0 Å². The average molecular weight is 895 g/mol. The fourth-order valence-corrected chi connectivity index (χ4v) is 4.57. The van der Waals surface area contributed by atoms with E-state index >= 15 is 0 Å². The van der Waals surface area contributed by atoms with Crippen LogP contribution in [0.2, 0.25) is 0 Å². The van der Waals surface area contributed by atoms with Crippen LogP contribution in [0.1, 0.15) is 116 Å². The minimum Gasteiger partial charge on any atom is -0.0623 e. The summed E-state index contributed by atoms with van der Waals surface area (Å²) >= 11 is 0. The van der Waals surface area contributed by atoms with Crippen LogP contribution in [0.25, 0.3) is 33.0 Å². The van der Waals surface area contributed by atoms with Gasteiger partial charge in [0.05, 0.1) is 0 Å². The molecule has 0 saturated heterocycles. The summed E-state index contributed by atoms with van der Waals surface area (Å²) in [6, 6.07) is 80.5. The van der Waals surface area contributed by atoms with Crippen molar-refractivity contribution in [3.8, 4) is 22.3 Å². The fourth-order valence-electron chi connectivity index (χ4n) is 4.57. The van der Waals surface area contributed by atoms with Crippen molar-refractivity contribution in [2.45, 2.75) is 118 Å². The van der Waals surface area contributed by atoms with Crippen LogP contribution in [0, 0.1) is 28.6 Å². The summed E-state index contributed by atoms with van der Waals surface area (Å²) in [5, 5.41) is 2.62. The summed E-state index contributed by atoms with van der Waals surface area (Å²) in [5.41, 5.74) is 8.43. The van der Waals surface area contributed by atoms with Gasteiger partial charge < -0.3 is 0 Å². The predicted molar refractivity (Wildman–Crippen MR) is 306 cm³/mol. The van der Waals surface area contributed by atoms with Gasteiger partial charge >= 0.3 is 0 Å². The smallest absolute Gasteiger partial charge is 0.0184 e. The Bertz CT molecular complexity index is 1950. The minimum absolute atomic E-state index is 0.500. The average Bonchev–Trinajstić information content (AvgIpc) is 3.27. The Hall–Kier alpha value is -5.98. The molecule has 0 fully saturated rings. The second-order valence-electron chi connectivity index (χ2n) is 22.6. The Morgan fingerprint density at radius 2 is 0.299 bits per heavy atom.